The molecular formula is C19H18ClNO2. The maximum Gasteiger partial charge on any atom is 0.224 e. The van der Waals surface area contributed by atoms with Crippen molar-refractivity contribution in [1.29, 1.82) is 0 Å². The second kappa shape index (κ2) is 6.47. The lowest BCUT2D eigenvalue weighted by Gasteiger charge is -2.05. The Bertz CT molecular complexity index is 850. The first kappa shape index (κ1) is 15.6. The van der Waals surface area contributed by atoms with Crippen molar-refractivity contribution in [2.45, 2.75) is 26.8 Å². The van der Waals surface area contributed by atoms with Gasteiger partial charge in [-0.1, -0.05) is 41.4 Å². The molecule has 0 aliphatic carbocycles. The molecule has 0 spiro atoms. The summed E-state index contributed by atoms with van der Waals surface area (Å²) in [6, 6.07) is 11.9. The van der Waals surface area contributed by atoms with Gasteiger partial charge in [-0.2, -0.15) is 0 Å². The monoisotopic (exact) mass is 327 g/mol. The minimum absolute atomic E-state index is 0.0371. The van der Waals surface area contributed by atoms with Gasteiger partial charge in [0.2, 0.25) is 5.91 Å². The summed E-state index contributed by atoms with van der Waals surface area (Å²) in [4.78, 5) is 12.2. The fourth-order valence-corrected chi connectivity index (χ4v) is 2.64. The van der Waals surface area contributed by atoms with Crippen molar-refractivity contribution in [2.24, 2.45) is 0 Å². The molecule has 0 unspecified atom stereocenters. The molecule has 3 aromatic rings. The van der Waals surface area contributed by atoms with Crippen molar-refractivity contribution in [3.63, 3.8) is 0 Å². The fourth-order valence-electron chi connectivity index (χ4n) is 2.48. The van der Waals surface area contributed by atoms with Crippen LogP contribution in [0.4, 0.5) is 0 Å². The Morgan fingerprint density at radius 2 is 1.91 bits per heavy atom. The number of aryl methyl sites for hydroxylation is 2. The number of furan rings is 1. The predicted molar refractivity (Wildman–Crippen MR) is 92.7 cm³/mol. The smallest absolute Gasteiger partial charge is 0.224 e. The van der Waals surface area contributed by atoms with Crippen LogP contribution >= 0.6 is 11.6 Å². The highest BCUT2D eigenvalue weighted by atomic mass is 35.5. The molecule has 3 nitrogen and oxygen atoms in total. The second-order valence-electron chi connectivity index (χ2n) is 5.80. The standard InChI is InChI=1S/C19H18ClNO2/c1-12-3-5-14(6-4-12)10-21-19(22)8-15-11-23-18-7-13(2)17(20)9-16(15)18/h3-7,9,11H,8,10H2,1-2H3,(H,21,22). The number of rotatable bonds is 4. The Hall–Kier alpha value is -2.26. The van der Waals surface area contributed by atoms with Crippen LogP contribution in [0.1, 0.15) is 22.3 Å². The number of fused-ring (bicyclic) bond motifs is 1. The molecular weight excluding hydrogens is 310 g/mol. The summed E-state index contributed by atoms with van der Waals surface area (Å²) < 4.78 is 5.52. The molecule has 4 heteroatoms. The number of amides is 1. The van der Waals surface area contributed by atoms with Gasteiger partial charge in [0, 0.05) is 22.5 Å². The summed E-state index contributed by atoms with van der Waals surface area (Å²) >= 11 is 6.16. The second-order valence-corrected chi connectivity index (χ2v) is 6.20. The van der Waals surface area contributed by atoms with Crippen molar-refractivity contribution in [1.82, 2.24) is 5.32 Å². The number of benzene rings is 2. The first-order valence-electron chi connectivity index (χ1n) is 7.51. The molecule has 0 atom stereocenters. The zero-order chi connectivity index (χ0) is 16.4. The molecule has 0 saturated carbocycles. The summed E-state index contributed by atoms with van der Waals surface area (Å²) in [7, 11) is 0. The first-order chi connectivity index (χ1) is 11.0. The Kier molecular flexibility index (Phi) is 4.39. The van der Waals surface area contributed by atoms with E-state index in [1.54, 1.807) is 6.26 Å². The van der Waals surface area contributed by atoms with Crippen LogP contribution in [0, 0.1) is 13.8 Å². The molecule has 0 aliphatic rings. The van der Waals surface area contributed by atoms with Gasteiger partial charge in [-0.3, -0.25) is 4.79 Å². The quantitative estimate of drug-likeness (QED) is 0.763. The Morgan fingerprint density at radius 1 is 1.17 bits per heavy atom. The zero-order valence-electron chi connectivity index (χ0n) is 13.2. The van der Waals surface area contributed by atoms with Gasteiger partial charge in [-0.25, -0.2) is 0 Å². The van der Waals surface area contributed by atoms with Crippen molar-refractivity contribution in [3.8, 4) is 0 Å². The summed E-state index contributed by atoms with van der Waals surface area (Å²) in [6.07, 6.45) is 1.91. The predicted octanol–water partition coefficient (Wildman–Crippen LogP) is 4.56. The van der Waals surface area contributed by atoms with Gasteiger partial charge in [-0.05, 0) is 37.1 Å². The number of nitrogens with one attached hydrogen (secondary N) is 1. The lowest BCUT2D eigenvalue weighted by molar-refractivity contribution is -0.120. The van der Waals surface area contributed by atoms with E-state index in [1.807, 2.05) is 50.2 Å². The van der Waals surface area contributed by atoms with Gasteiger partial charge in [-0.15, -0.1) is 0 Å². The lowest BCUT2D eigenvalue weighted by atomic mass is 10.1. The third kappa shape index (κ3) is 3.57. The van der Waals surface area contributed by atoms with Gasteiger partial charge in [0.25, 0.3) is 0 Å². The van der Waals surface area contributed by atoms with Gasteiger partial charge in [0.1, 0.15) is 5.58 Å². The maximum atomic E-state index is 12.2. The van der Waals surface area contributed by atoms with Crippen molar-refractivity contribution in [3.05, 3.63) is 69.9 Å². The minimum Gasteiger partial charge on any atom is -0.464 e. The van der Waals surface area contributed by atoms with E-state index in [-0.39, 0.29) is 12.3 Å². The summed E-state index contributed by atoms with van der Waals surface area (Å²) in [5, 5.41) is 4.51. The molecule has 23 heavy (non-hydrogen) atoms. The van der Waals surface area contributed by atoms with E-state index in [9.17, 15) is 4.79 Å². The highest BCUT2D eigenvalue weighted by molar-refractivity contribution is 6.32. The van der Waals surface area contributed by atoms with E-state index in [0.29, 0.717) is 11.6 Å². The van der Waals surface area contributed by atoms with Gasteiger partial charge >= 0.3 is 0 Å². The third-order valence-electron chi connectivity index (χ3n) is 3.90. The van der Waals surface area contributed by atoms with Crippen molar-refractivity contribution in [2.75, 3.05) is 0 Å². The molecule has 0 saturated heterocycles. The number of hydrogen-bond acceptors (Lipinski definition) is 2. The third-order valence-corrected chi connectivity index (χ3v) is 4.30. The van der Waals surface area contributed by atoms with Crippen LogP contribution in [0.5, 0.6) is 0 Å². The Balaban J connectivity index is 1.68. The highest BCUT2D eigenvalue weighted by Gasteiger charge is 2.12. The van der Waals surface area contributed by atoms with Crippen LogP contribution in [0.2, 0.25) is 5.02 Å². The van der Waals surface area contributed by atoms with Gasteiger partial charge < -0.3 is 9.73 Å². The molecule has 0 bridgehead atoms. The van der Waals surface area contributed by atoms with Crippen molar-refractivity contribution >= 4 is 28.5 Å². The number of carbonyl (C=O) groups excluding carboxylic acids is 1. The van der Waals surface area contributed by atoms with Gasteiger partial charge in [0.15, 0.2) is 0 Å². The molecule has 1 aromatic heterocycles. The van der Waals surface area contributed by atoms with Crippen molar-refractivity contribution < 1.29 is 9.21 Å². The summed E-state index contributed by atoms with van der Waals surface area (Å²) in [5.74, 6) is -0.0371. The Morgan fingerprint density at radius 3 is 2.65 bits per heavy atom. The van der Waals surface area contributed by atoms with Crippen LogP contribution < -0.4 is 5.32 Å². The maximum absolute atomic E-state index is 12.2. The number of hydrogen-bond donors (Lipinski definition) is 1. The van der Waals surface area contributed by atoms with Crippen LogP contribution in [0.15, 0.2) is 47.1 Å². The topological polar surface area (TPSA) is 42.2 Å². The largest absolute Gasteiger partial charge is 0.464 e. The SMILES string of the molecule is Cc1ccc(CNC(=O)Cc2coc3cc(C)c(Cl)cc23)cc1. The average Bonchev–Trinajstić information content (AvgIpc) is 2.89. The molecule has 0 fully saturated rings. The molecule has 3 rings (SSSR count). The molecule has 1 N–H and O–H groups in total. The molecule has 2 aromatic carbocycles. The first-order valence-corrected chi connectivity index (χ1v) is 7.89. The van der Waals surface area contributed by atoms with E-state index in [1.165, 1.54) is 5.56 Å². The fraction of sp³-hybridized carbons (Fsp3) is 0.211. The number of halogens is 1. The van der Waals surface area contributed by atoms with Crippen LogP contribution in [0.3, 0.4) is 0 Å². The van der Waals surface area contributed by atoms with E-state index in [4.69, 9.17) is 16.0 Å². The molecule has 118 valence electrons. The molecule has 1 heterocycles. The lowest BCUT2D eigenvalue weighted by Crippen LogP contribution is -2.24. The van der Waals surface area contributed by atoms with E-state index in [2.05, 4.69) is 5.32 Å². The van der Waals surface area contributed by atoms with Gasteiger partial charge in [0.05, 0.1) is 12.7 Å². The summed E-state index contributed by atoms with van der Waals surface area (Å²) in [5.41, 5.74) is 4.86. The molecule has 0 aliphatic heterocycles. The van der Waals surface area contributed by atoms with E-state index in [0.717, 1.165) is 27.7 Å². The van der Waals surface area contributed by atoms with Crippen LogP contribution in [-0.4, -0.2) is 5.91 Å². The molecule has 0 radical (unpaired) electrons. The minimum atomic E-state index is -0.0371. The Labute approximate surface area is 140 Å². The molecule has 1 amide bonds. The van der Waals surface area contributed by atoms with E-state index >= 15 is 0 Å². The van der Waals surface area contributed by atoms with Crippen LogP contribution in [-0.2, 0) is 17.8 Å². The average molecular weight is 328 g/mol. The zero-order valence-corrected chi connectivity index (χ0v) is 13.9. The van der Waals surface area contributed by atoms with E-state index < -0.39 is 0 Å². The normalized spacial score (nSPS) is 10.9. The highest BCUT2D eigenvalue weighted by Crippen LogP contribution is 2.27. The van der Waals surface area contributed by atoms with Crippen LogP contribution in [0.25, 0.3) is 11.0 Å². The number of carbonyl (C=O) groups is 1. The summed E-state index contributed by atoms with van der Waals surface area (Å²) in [6.45, 7) is 4.49.